The topological polar surface area (TPSA) is 27.7 Å². The largest absolute Gasteiger partial charge is 0.207 e. The van der Waals surface area contributed by atoms with Crippen LogP contribution in [0.2, 0.25) is 0 Å². The first-order chi connectivity index (χ1) is 30.0. The number of fused-ring (bicyclic) bond motifs is 1. The average Bonchev–Trinajstić information content (AvgIpc) is 3.29. The van der Waals surface area contributed by atoms with Crippen LogP contribution in [0.1, 0.15) is 11.1 Å². The third kappa shape index (κ3) is 7.19. The quantitative estimate of drug-likeness (QED) is 0.0539. The van der Waals surface area contributed by atoms with E-state index >= 15 is 35.1 Å². The molecule has 0 aliphatic rings. The van der Waals surface area contributed by atoms with Crippen LogP contribution >= 0.6 is 0 Å². The number of hydrogen-bond acceptors (Lipinski definition) is 1. The summed E-state index contributed by atoms with van der Waals surface area (Å²) in [6.45, 7) is 0.841. The first-order valence-corrected chi connectivity index (χ1v) is 17.2. The molecule has 0 N–H and O–H groups in total. The zero-order valence-electron chi connectivity index (χ0n) is 30.6. The lowest BCUT2D eigenvalue weighted by Crippen LogP contribution is -2.81. The highest BCUT2D eigenvalue weighted by Gasteiger charge is 2.52. The highest BCUT2D eigenvalue weighted by molar-refractivity contribution is 7.20. The molecule has 7 aromatic rings. The number of rotatable bonds is 6. The van der Waals surface area contributed by atoms with Gasteiger partial charge in [0.25, 0.3) is 0 Å². The van der Waals surface area contributed by atoms with Gasteiger partial charge in [0.1, 0.15) is 52.7 Å². The fourth-order valence-corrected chi connectivity index (χ4v) is 7.07. The third-order valence-corrected chi connectivity index (χ3v) is 9.88. The van der Waals surface area contributed by atoms with Crippen LogP contribution in [-0.2, 0) is 6.54 Å². The van der Waals surface area contributed by atoms with Crippen molar-refractivity contribution in [2.45, 2.75) is 6.54 Å². The molecule has 0 aliphatic carbocycles. The molecule has 6 aromatic carbocycles. The van der Waals surface area contributed by atoms with Gasteiger partial charge in [-0.2, -0.15) is 5.26 Å². The van der Waals surface area contributed by atoms with E-state index in [1.807, 2.05) is 36.4 Å². The Morgan fingerprint density at radius 1 is 0.375 bits per heavy atom. The van der Waals surface area contributed by atoms with E-state index in [4.69, 9.17) is 5.26 Å². The molecule has 0 unspecified atom stereocenters. The van der Waals surface area contributed by atoms with Crippen molar-refractivity contribution < 1.29 is 92.4 Å². The standard InChI is InChI=1S/C24BF20.C17H13N2/c26-5-1(6(27)14(35)21(42)13(5)34)25(2-7(28)15(36)22(43)16(37)8(2)29,3-9(30)17(38)23(44)18(39)10(3)31)4-11(32)19(40)24(45)20(41)12(4)33;18-11-15-6-7-16-8-9-19(13-17(16)10-15)12-14-4-2-1-3-5-14/h;1-10,13H,12H2/q-1;+1. The van der Waals surface area contributed by atoms with Crippen LogP contribution < -0.4 is 26.4 Å². The van der Waals surface area contributed by atoms with Crippen LogP contribution in [0.25, 0.3) is 10.8 Å². The number of benzene rings is 6. The Balaban J connectivity index is 0.000000295. The second-order valence-corrected chi connectivity index (χ2v) is 13.4. The summed E-state index contributed by atoms with van der Waals surface area (Å²) in [5.41, 5.74) is -12.4. The molecule has 0 atom stereocenters. The van der Waals surface area contributed by atoms with Gasteiger partial charge in [0.05, 0.1) is 11.6 Å². The number of nitrogens with zero attached hydrogens (tertiary/aromatic N) is 2. The molecule has 330 valence electrons. The fraction of sp³-hybridized carbons (Fsp3) is 0.0244. The van der Waals surface area contributed by atoms with Crippen molar-refractivity contribution in [3.8, 4) is 6.07 Å². The van der Waals surface area contributed by atoms with Crippen molar-refractivity contribution in [2.24, 2.45) is 0 Å². The maximum atomic E-state index is 15.4. The predicted octanol–water partition coefficient (Wildman–Crippen LogP) is 8.89. The van der Waals surface area contributed by atoms with E-state index in [-0.39, 0.29) is 0 Å². The van der Waals surface area contributed by atoms with E-state index in [2.05, 4.69) is 41.2 Å². The normalized spacial score (nSPS) is 11.5. The van der Waals surface area contributed by atoms with E-state index < -0.39 is 144 Å². The van der Waals surface area contributed by atoms with Gasteiger partial charge in [-0.05, 0) is 17.5 Å². The van der Waals surface area contributed by atoms with Crippen LogP contribution in [0.4, 0.5) is 87.8 Å². The molecule has 0 aliphatic heterocycles. The lowest BCUT2D eigenvalue weighted by Gasteiger charge is -2.44. The van der Waals surface area contributed by atoms with Gasteiger partial charge >= 0.3 is 0 Å². The van der Waals surface area contributed by atoms with E-state index in [9.17, 15) is 52.7 Å². The van der Waals surface area contributed by atoms with Crippen LogP contribution in [0.3, 0.4) is 0 Å². The smallest absolute Gasteiger partial charge is 0.200 e. The molecule has 0 amide bonds. The van der Waals surface area contributed by atoms with Gasteiger partial charge in [0.2, 0.25) is 0 Å². The number of pyridine rings is 1. The lowest BCUT2D eigenvalue weighted by atomic mass is 9.12. The van der Waals surface area contributed by atoms with Gasteiger partial charge in [-0.3, -0.25) is 0 Å². The molecule has 0 saturated heterocycles. The molecule has 1 aromatic heterocycles. The predicted molar refractivity (Wildman–Crippen MR) is 184 cm³/mol. The zero-order chi connectivity index (χ0) is 47.4. The first kappa shape index (κ1) is 46.4. The summed E-state index contributed by atoms with van der Waals surface area (Å²) in [7, 11) is 0. The van der Waals surface area contributed by atoms with E-state index in [1.165, 1.54) is 5.56 Å². The second kappa shape index (κ2) is 17.2. The van der Waals surface area contributed by atoms with Crippen molar-refractivity contribution in [1.29, 1.82) is 5.26 Å². The molecular formula is C41H13BF20N2. The van der Waals surface area contributed by atoms with Crippen LogP contribution in [-0.4, -0.2) is 6.15 Å². The number of halogens is 20. The van der Waals surface area contributed by atoms with Gasteiger partial charge in [-0.1, -0.05) is 36.4 Å². The van der Waals surface area contributed by atoms with Crippen molar-refractivity contribution in [3.63, 3.8) is 0 Å². The van der Waals surface area contributed by atoms with Crippen molar-refractivity contribution in [2.75, 3.05) is 0 Å². The van der Waals surface area contributed by atoms with Gasteiger partial charge in [-0.25, -0.2) is 92.4 Å². The maximum Gasteiger partial charge on any atom is 0.200 e. The highest BCUT2D eigenvalue weighted by atomic mass is 19.2. The first-order valence-electron chi connectivity index (χ1n) is 17.2. The van der Waals surface area contributed by atoms with Gasteiger partial charge < -0.3 is 0 Å². The summed E-state index contributed by atoms with van der Waals surface area (Å²) in [5, 5.41) is 11.2. The van der Waals surface area contributed by atoms with E-state index in [0.29, 0.717) is 5.56 Å². The minimum absolute atomic E-state index is 0.699. The fourth-order valence-electron chi connectivity index (χ4n) is 7.07. The Morgan fingerprint density at radius 2 is 0.688 bits per heavy atom. The molecule has 1 heterocycles. The Bertz CT molecular complexity index is 2720. The Hall–Kier alpha value is -7.12. The molecule has 0 fully saturated rings. The molecule has 0 spiro atoms. The Kier molecular flexibility index (Phi) is 12.5. The average molecular weight is 924 g/mol. The van der Waals surface area contributed by atoms with E-state index in [1.54, 1.807) is 0 Å². The molecular weight excluding hydrogens is 911 g/mol. The molecule has 0 saturated carbocycles. The summed E-state index contributed by atoms with van der Waals surface area (Å²) in [5.74, 6) is -71.4. The van der Waals surface area contributed by atoms with Crippen LogP contribution in [0, 0.1) is 128 Å². The Labute approximate surface area is 343 Å². The summed E-state index contributed by atoms with van der Waals surface area (Å²) in [4.78, 5) is 0. The summed E-state index contributed by atoms with van der Waals surface area (Å²) >= 11 is 0. The summed E-state index contributed by atoms with van der Waals surface area (Å²) in [6, 6.07) is 20.4. The zero-order valence-corrected chi connectivity index (χ0v) is 30.6. The second-order valence-electron chi connectivity index (χ2n) is 13.4. The minimum Gasteiger partial charge on any atom is -0.207 e. The van der Waals surface area contributed by atoms with Crippen LogP contribution in [0.5, 0.6) is 0 Å². The van der Waals surface area contributed by atoms with Crippen molar-refractivity contribution in [1.82, 2.24) is 0 Å². The number of nitriles is 1. The molecule has 0 radical (unpaired) electrons. The maximum absolute atomic E-state index is 15.4. The molecule has 2 nitrogen and oxygen atoms in total. The monoisotopic (exact) mass is 924 g/mol. The highest BCUT2D eigenvalue weighted by Crippen LogP contribution is 2.31. The van der Waals surface area contributed by atoms with E-state index in [0.717, 1.165) is 17.3 Å². The molecule has 64 heavy (non-hydrogen) atoms. The van der Waals surface area contributed by atoms with Crippen molar-refractivity contribution in [3.05, 3.63) is 194 Å². The van der Waals surface area contributed by atoms with Crippen molar-refractivity contribution >= 4 is 38.8 Å². The SMILES string of the molecule is Fc1c(F)c(F)c([B-](c2c(F)c(F)c(F)c(F)c2F)(c2c(F)c(F)c(F)c(F)c2F)c2c(F)c(F)c(F)c(F)c2F)c(F)c1F.N#Cc1ccc2cc[n+](Cc3ccccc3)cc2c1. The summed E-state index contributed by atoms with van der Waals surface area (Å²) in [6.07, 6.45) is -3.06. The molecule has 0 bridgehead atoms. The molecule has 7 rings (SSSR count). The Morgan fingerprint density at radius 3 is 1.00 bits per heavy atom. The number of hydrogen-bond donors (Lipinski definition) is 0. The van der Waals surface area contributed by atoms with Gasteiger partial charge in [0.15, 0.2) is 88.7 Å². The number of aromatic nitrogens is 1. The lowest BCUT2D eigenvalue weighted by molar-refractivity contribution is -0.687. The summed E-state index contributed by atoms with van der Waals surface area (Å²) < 4.78 is 296. The minimum atomic E-state index is -7.22. The van der Waals surface area contributed by atoms with Gasteiger partial charge in [-0.15, -0.1) is 21.9 Å². The van der Waals surface area contributed by atoms with Crippen LogP contribution in [0.15, 0.2) is 67.0 Å². The van der Waals surface area contributed by atoms with Gasteiger partial charge in [0, 0.05) is 17.0 Å². The third-order valence-electron chi connectivity index (χ3n) is 9.88. The molecule has 23 heteroatoms.